The smallest absolute Gasteiger partial charge is 0.425 e. The molecule has 10 heteroatoms. The lowest BCUT2D eigenvalue weighted by Gasteiger charge is -2.28. The highest BCUT2D eigenvalue weighted by molar-refractivity contribution is 6.08. The van der Waals surface area contributed by atoms with Crippen LogP contribution in [0.5, 0.6) is 0 Å². The average Bonchev–Trinajstić information content (AvgIpc) is 3.26. The van der Waals surface area contributed by atoms with Gasteiger partial charge in [-0.3, -0.25) is 4.79 Å². The van der Waals surface area contributed by atoms with E-state index >= 15 is 0 Å². The van der Waals surface area contributed by atoms with Crippen LogP contribution in [-0.2, 0) is 30.2 Å². The first-order chi connectivity index (χ1) is 16.2. The zero-order valence-electron chi connectivity index (χ0n) is 21.7. The van der Waals surface area contributed by atoms with E-state index < -0.39 is 35.4 Å². The molecule has 1 N–H and O–H groups in total. The zero-order chi connectivity index (χ0) is 26.4. The summed E-state index contributed by atoms with van der Waals surface area (Å²) in [6.45, 7) is 10.1. The van der Waals surface area contributed by atoms with Crippen molar-refractivity contribution in [2.45, 2.75) is 90.9 Å². The van der Waals surface area contributed by atoms with Gasteiger partial charge >= 0.3 is 18.2 Å². The lowest BCUT2D eigenvalue weighted by atomic mass is 10.0. The van der Waals surface area contributed by atoms with E-state index in [4.69, 9.17) is 14.2 Å². The molecule has 0 bridgehead atoms. The number of nitrogens with zero attached hydrogens (tertiary/aromatic N) is 2. The first-order valence-corrected chi connectivity index (χ1v) is 11.8. The first kappa shape index (κ1) is 28.1. The second-order valence-electron chi connectivity index (χ2n) is 10.6. The van der Waals surface area contributed by atoms with Crippen molar-refractivity contribution in [1.82, 2.24) is 10.3 Å². The Hall–Kier alpha value is -3.17. The summed E-state index contributed by atoms with van der Waals surface area (Å²) >= 11 is 0. The number of hydrogen-bond acceptors (Lipinski definition) is 8. The maximum absolute atomic E-state index is 12.8. The standard InChI is InChI=1S/C25H37N3O7/c1-24(2,3)34-22(31)28(23(32)35-25(4,5)6)19-13-12-16(15-26-19)14-18(21(30)33-7)27-20(29)17-10-8-9-11-17/h12-13,15,17-18H,8-11,14H2,1-7H3,(H,27,29). The molecular weight excluding hydrogens is 454 g/mol. The molecule has 1 fully saturated rings. The molecule has 0 aliphatic heterocycles. The summed E-state index contributed by atoms with van der Waals surface area (Å²) in [4.78, 5) is 55.4. The van der Waals surface area contributed by atoms with Gasteiger partial charge in [0, 0.05) is 18.5 Å². The first-order valence-electron chi connectivity index (χ1n) is 11.8. The summed E-state index contributed by atoms with van der Waals surface area (Å²) in [5, 5.41) is 2.78. The van der Waals surface area contributed by atoms with E-state index in [0.717, 1.165) is 30.6 Å². The number of hydrogen-bond donors (Lipinski definition) is 1. The quantitative estimate of drug-likeness (QED) is 0.465. The molecule has 10 nitrogen and oxygen atoms in total. The van der Waals surface area contributed by atoms with Crippen molar-refractivity contribution in [3.05, 3.63) is 23.9 Å². The van der Waals surface area contributed by atoms with E-state index in [1.165, 1.54) is 19.4 Å². The number of imide groups is 1. The van der Waals surface area contributed by atoms with Crippen molar-refractivity contribution in [3.63, 3.8) is 0 Å². The molecule has 0 spiro atoms. The molecule has 1 heterocycles. The zero-order valence-corrected chi connectivity index (χ0v) is 21.7. The van der Waals surface area contributed by atoms with Crippen LogP contribution in [0, 0.1) is 5.92 Å². The molecule has 1 unspecified atom stereocenters. The van der Waals surface area contributed by atoms with Gasteiger partial charge in [-0.1, -0.05) is 18.9 Å². The van der Waals surface area contributed by atoms with E-state index in [1.807, 2.05) is 0 Å². The Balaban J connectivity index is 2.22. The highest BCUT2D eigenvalue weighted by Gasteiger charge is 2.34. The SMILES string of the molecule is COC(=O)C(Cc1ccc(N(C(=O)OC(C)(C)C)C(=O)OC(C)(C)C)nc1)NC(=O)C1CCCC1. The molecule has 3 amide bonds. The van der Waals surface area contributed by atoms with Crippen molar-refractivity contribution >= 4 is 29.9 Å². The fraction of sp³-hybridized carbons (Fsp3) is 0.640. The summed E-state index contributed by atoms with van der Waals surface area (Å²) < 4.78 is 15.6. The highest BCUT2D eigenvalue weighted by Crippen LogP contribution is 2.25. The van der Waals surface area contributed by atoms with Crippen LogP contribution in [0.15, 0.2) is 18.3 Å². The molecule has 1 aliphatic carbocycles. The van der Waals surface area contributed by atoms with Crippen molar-refractivity contribution in [2.24, 2.45) is 5.92 Å². The van der Waals surface area contributed by atoms with Crippen molar-refractivity contribution < 1.29 is 33.4 Å². The second-order valence-corrected chi connectivity index (χ2v) is 10.6. The number of methoxy groups -OCH3 is 1. The summed E-state index contributed by atoms with van der Waals surface area (Å²) in [5.74, 6) is -0.825. The fourth-order valence-electron chi connectivity index (χ4n) is 3.60. The number of carbonyl (C=O) groups excluding carboxylic acids is 4. The van der Waals surface area contributed by atoms with E-state index in [1.54, 1.807) is 47.6 Å². The molecule has 1 atom stereocenters. The monoisotopic (exact) mass is 491 g/mol. The van der Waals surface area contributed by atoms with Gasteiger partial charge < -0.3 is 19.5 Å². The van der Waals surface area contributed by atoms with E-state index in [2.05, 4.69) is 10.3 Å². The molecule has 0 saturated heterocycles. The number of ether oxygens (including phenoxy) is 3. The number of amides is 3. The van der Waals surface area contributed by atoms with Crippen LogP contribution < -0.4 is 10.2 Å². The van der Waals surface area contributed by atoms with E-state index in [0.29, 0.717) is 5.56 Å². The predicted octanol–water partition coefficient (Wildman–Crippen LogP) is 4.15. The molecule has 35 heavy (non-hydrogen) atoms. The van der Waals surface area contributed by atoms with Crippen LogP contribution in [-0.4, -0.2) is 53.4 Å². The maximum atomic E-state index is 12.8. The summed E-state index contributed by atoms with van der Waals surface area (Å²) in [5.41, 5.74) is -1.09. The molecule has 1 aromatic heterocycles. The minimum absolute atomic E-state index is 0.00172. The summed E-state index contributed by atoms with van der Waals surface area (Å²) in [7, 11) is 1.26. The van der Waals surface area contributed by atoms with Crippen molar-refractivity contribution in [2.75, 3.05) is 12.0 Å². The molecule has 194 valence electrons. The van der Waals surface area contributed by atoms with E-state index in [-0.39, 0.29) is 24.1 Å². The topological polar surface area (TPSA) is 124 Å². The van der Waals surface area contributed by atoms with Gasteiger partial charge in [0.1, 0.15) is 23.1 Å². The Bertz CT molecular complexity index is 882. The third-order valence-electron chi connectivity index (χ3n) is 5.16. The number of rotatable bonds is 6. The molecule has 1 aliphatic rings. The summed E-state index contributed by atoms with van der Waals surface area (Å²) in [6, 6.07) is 2.19. The number of pyridine rings is 1. The number of carbonyl (C=O) groups is 4. The molecule has 0 aromatic carbocycles. The molecular formula is C25H37N3O7. The summed E-state index contributed by atoms with van der Waals surface area (Å²) in [6.07, 6.45) is 3.32. The Labute approximate surface area is 206 Å². The van der Waals surface area contributed by atoms with Gasteiger partial charge in [0.2, 0.25) is 5.91 Å². The van der Waals surface area contributed by atoms with Gasteiger partial charge in [0.15, 0.2) is 0 Å². The van der Waals surface area contributed by atoms with Crippen LogP contribution in [0.1, 0.15) is 72.8 Å². The Morgan fingerprint density at radius 3 is 1.97 bits per heavy atom. The average molecular weight is 492 g/mol. The van der Waals surface area contributed by atoms with Crippen LogP contribution in [0.3, 0.4) is 0 Å². The largest absolute Gasteiger partial charge is 0.467 e. The predicted molar refractivity (Wildman–Crippen MR) is 129 cm³/mol. The highest BCUT2D eigenvalue weighted by atomic mass is 16.6. The molecule has 0 radical (unpaired) electrons. The third kappa shape index (κ3) is 8.84. The Morgan fingerprint density at radius 1 is 1.00 bits per heavy atom. The van der Waals surface area contributed by atoms with Gasteiger partial charge in [0.05, 0.1) is 7.11 Å². The van der Waals surface area contributed by atoms with Crippen molar-refractivity contribution in [1.29, 1.82) is 0 Å². The fourth-order valence-corrected chi connectivity index (χ4v) is 3.60. The molecule has 2 rings (SSSR count). The number of aromatic nitrogens is 1. The number of nitrogens with one attached hydrogen (secondary N) is 1. The third-order valence-corrected chi connectivity index (χ3v) is 5.16. The lowest BCUT2D eigenvalue weighted by Crippen LogP contribution is -2.45. The second kappa shape index (κ2) is 11.5. The normalized spacial score (nSPS) is 15.2. The lowest BCUT2D eigenvalue weighted by molar-refractivity contribution is -0.145. The molecule has 1 saturated carbocycles. The Morgan fingerprint density at radius 2 is 1.54 bits per heavy atom. The minimum Gasteiger partial charge on any atom is -0.467 e. The van der Waals surface area contributed by atoms with Gasteiger partial charge in [-0.05, 0) is 66.0 Å². The van der Waals surface area contributed by atoms with Gasteiger partial charge in [-0.2, -0.15) is 4.90 Å². The van der Waals surface area contributed by atoms with E-state index in [9.17, 15) is 19.2 Å². The molecule has 1 aromatic rings. The maximum Gasteiger partial charge on any atom is 0.425 e. The van der Waals surface area contributed by atoms with Gasteiger partial charge in [-0.15, -0.1) is 0 Å². The van der Waals surface area contributed by atoms with Crippen LogP contribution in [0.25, 0.3) is 0 Å². The van der Waals surface area contributed by atoms with Crippen molar-refractivity contribution in [3.8, 4) is 0 Å². The van der Waals surface area contributed by atoms with Crippen LogP contribution >= 0.6 is 0 Å². The number of esters is 1. The van der Waals surface area contributed by atoms with Crippen LogP contribution in [0.2, 0.25) is 0 Å². The van der Waals surface area contributed by atoms with Gasteiger partial charge in [-0.25, -0.2) is 19.4 Å². The Kier molecular flexibility index (Phi) is 9.23. The van der Waals surface area contributed by atoms with Crippen LogP contribution in [0.4, 0.5) is 15.4 Å². The number of anilines is 1. The minimum atomic E-state index is -0.928. The van der Waals surface area contributed by atoms with Gasteiger partial charge in [0.25, 0.3) is 0 Å².